The van der Waals surface area contributed by atoms with E-state index >= 15 is 0 Å². The van der Waals surface area contributed by atoms with E-state index in [0.29, 0.717) is 32.8 Å². The van der Waals surface area contributed by atoms with Crippen LogP contribution >= 0.6 is 0 Å². The standard InChI is InChI=1S/C20H28N2O4/c1-3-25-20(24)22-12-10-21(11-13-22)19(23)15(2)26-18-9-8-16-6-4-5-7-17(16)14-18/h8-9,14-15H,3-7,10-13H2,1-2H3/t15-/m0/s1. The Hall–Kier alpha value is -2.24. The fraction of sp³-hybridized carbons (Fsp3) is 0.600. The third kappa shape index (κ3) is 4.29. The summed E-state index contributed by atoms with van der Waals surface area (Å²) in [6.07, 6.45) is 3.85. The van der Waals surface area contributed by atoms with Crippen molar-refractivity contribution in [2.45, 2.75) is 45.6 Å². The number of ether oxygens (including phenoxy) is 2. The first-order valence-electron chi connectivity index (χ1n) is 9.57. The molecule has 2 aliphatic rings. The number of hydrogen-bond donors (Lipinski definition) is 0. The van der Waals surface area contributed by atoms with Gasteiger partial charge >= 0.3 is 6.09 Å². The highest BCUT2D eigenvalue weighted by atomic mass is 16.6. The summed E-state index contributed by atoms with van der Waals surface area (Å²) in [6.45, 7) is 5.96. The molecule has 26 heavy (non-hydrogen) atoms. The molecule has 1 atom stereocenters. The predicted octanol–water partition coefficient (Wildman–Crippen LogP) is 2.63. The van der Waals surface area contributed by atoms with Crippen molar-refractivity contribution in [3.05, 3.63) is 29.3 Å². The Morgan fingerprint density at radius 1 is 1.04 bits per heavy atom. The minimum Gasteiger partial charge on any atom is -0.481 e. The Bertz CT molecular complexity index is 653. The van der Waals surface area contributed by atoms with Gasteiger partial charge in [-0.2, -0.15) is 0 Å². The van der Waals surface area contributed by atoms with Crippen LogP contribution in [-0.2, 0) is 22.4 Å². The zero-order chi connectivity index (χ0) is 18.5. The smallest absolute Gasteiger partial charge is 0.409 e. The third-order valence-corrected chi connectivity index (χ3v) is 5.10. The number of piperazine rings is 1. The second-order valence-corrected chi connectivity index (χ2v) is 6.91. The van der Waals surface area contributed by atoms with Gasteiger partial charge in [-0.25, -0.2) is 4.79 Å². The largest absolute Gasteiger partial charge is 0.481 e. The highest BCUT2D eigenvalue weighted by Crippen LogP contribution is 2.26. The summed E-state index contributed by atoms with van der Waals surface area (Å²) >= 11 is 0. The second-order valence-electron chi connectivity index (χ2n) is 6.91. The lowest BCUT2D eigenvalue weighted by Crippen LogP contribution is -2.53. The Morgan fingerprint density at radius 3 is 2.38 bits per heavy atom. The van der Waals surface area contributed by atoms with Crippen LogP contribution in [0.1, 0.15) is 37.8 Å². The average molecular weight is 360 g/mol. The highest BCUT2D eigenvalue weighted by Gasteiger charge is 2.28. The molecule has 0 N–H and O–H groups in total. The van der Waals surface area contributed by atoms with Crippen molar-refractivity contribution in [1.29, 1.82) is 0 Å². The molecule has 6 nitrogen and oxygen atoms in total. The maximum Gasteiger partial charge on any atom is 0.409 e. The fourth-order valence-electron chi connectivity index (χ4n) is 3.62. The van der Waals surface area contributed by atoms with Crippen LogP contribution in [0.25, 0.3) is 0 Å². The molecule has 1 fully saturated rings. The SMILES string of the molecule is CCOC(=O)N1CCN(C(=O)[C@H](C)Oc2ccc3c(c2)CCCC3)CC1. The zero-order valence-corrected chi connectivity index (χ0v) is 15.7. The number of amides is 2. The van der Waals surface area contributed by atoms with E-state index in [1.165, 1.54) is 24.0 Å². The van der Waals surface area contributed by atoms with E-state index < -0.39 is 6.10 Å². The van der Waals surface area contributed by atoms with E-state index in [1.807, 2.05) is 6.07 Å². The maximum absolute atomic E-state index is 12.7. The number of hydrogen-bond acceptors (Lipinski definition) is 4. The first-order chi connectivity index (χ1) is 12.6. The Balaban J connectivity index is 1.53. The van der Waals surface area contributed by atoms with Gasteiger partial charge in [0, 0.05) is 26.2 Å². The molecule has 6 heteroatoms. The number of benzene rings is 1. The summed E-state index contributed by atoms with van der Waals surface area (Å²) in [4.78, 5) is 27.8. The van der Waals surface area contributed by atoms with Crippen molar-refractivity contribution in [2.75, 3.05) is 32.8 Å². The molecule has 0 radical (unpaired) electrons. The van der Waals surface area contributed by atoms with Gasteiger partial charge in [-0.3, -0.25) is 4.79 Å². The van der Waals surface area contributed by atoms with Gasteiger partial charge < -0.3 is 19.3 Å². The van der Waals surface area contributed by atoms with Crippen molar-refractivity contribution in [3.63, 3.8) is 0 Å². The summed E-state index contributed by atoms with van der Waals surface area (Å²) in [6, 6.07) is 6.17. The molecule has 1 aliphatic carbocycles. The molecular weight excluding hydrogens is 332 g/mol. The molecule has 0 bridgehead atoms. The van der Waals surface area contributed by atoms with Gasteiger partial charge in [0.15, 0.2) is 6.10 Å². The van der Waals surface area contributed by atoms with Crippen molar-refractivity contribution < 1.29 is 19.1 Å². The van der Waals surface area contributed by atoms with E-state index in [1.54, 1.807) is 23.6 Å². The molecule has 1 aromatic carbocycles. The van der Waals surface area contributed by atoms with Crippen LogP contribution in [0.4, 0.5) is 4.79 Å². The van der Waals surface area contributed by atoms with Gasteiger partial charge in [0.1, 0.15) is 5.75 Å². The molecule has 0 aromatic heterocycles. The summed E-state index contributed by atoms with van der Waals surface area (Å²) < 4.78 is 10.9. The quantitative estimate of drug-likeness (QED) is 0.828. The van der Waals surface area contributed by atoms with E-state index in [2.05, 4.69) is 12.1 Å². The normalized spacial score (nSPS) is 18.1. The first kappa shape index (κ1) is 18.5. The van der Waals surface area contributed by atoms with Gasteiger partial charge in [0.2, 0.25) is 0 Å². The second kappa shape index (κ2) is 8.43. The average Bonchev–Trinajstić information content (AvgIpc) is 2.67. The molecule has 1 aromatic rings. The number of rotatable bonds is 4. The van der Waals surface area contributed by atoms with Gasteiger partial charge in [-0.05, 0) is 62.8 Å². The van der Waals surface area contributed by atoms with Gasteiger partial charge in [-0.15, -0.1) is 0 Å². The number of nitrogens with zero attached hydrogens (tertiary/aromatic N) is 2. The molecule has 1 saturated heterocycles. The van der Waals surface area contributed by atoms with Crippen LogP contribution in [0.3, 0.4) is 0 Å². The molecule has 2 amide bonds. The minimum atomic E-state index is -0.536. The molecule has 1 aliphatic heterocycles. The molecular formula is C20H28N2O4. The zero-order valence-electron chi connectivity index (χ0n) is 15.7. The summed E-state index contributed by atoms with van der Waals surface area (Å²) in [7, 11) is 0. The van der Waals surface area contributed by atoms with Crippen LogP contribution in [-0.4, -0.2) is 60.7 Å². The topological polar surface area (TPSA) is 59.1 Å². The van der Waals surface area contributed by atoms with Crippen molar-refractivity contribution in [1.82, 2.24) is 9.80 Å². The van der Waals surface area contributed by atoms with Crippen LogP contribution in [0.2, 0.25) is 0 Å². The summed E-state index contributed by atoms with van der Waals surface area (Å²) in [5.74, 6) is 0.725. The lowest BCUT2D eigenvalue weighted by Gasteiger charge is -2.35. The Labute approximate surface area is 155 Å². The van der Waals surface area contributed by atoms with Crippen molar-refractivity contribution in [3.8, 4) is 5.75 Å². The van der Waals surface area contributed by atoms with E-state index in [-0.39, 0.29) is 12.0 Å². The number of fused-ring (bicyclic) bond motifs is 1. The fourth-order valence-corrected chi connectivity index (χ4v) is 3.62. The first-order valence-corrected chi connectivity index (χ1v) is 9.57. The van der Waals surface area contributed by atoms with E-state index in [9.17, 15) is 9.59 Å². The van der Waals surface area contributed by atoms with Gasteiger partial charge in [0.25, 0.3) is 5.91 Å². The highest BCUT2D eigenvalue weighted by molar-refractivity contribution is 5.81. The van der Waals surface area contributed by atoms with Crippen molar-refractivity contribution in [2.24, 2.45) is 0 Å². The molecule has 142 valence electrons. The number of carbonyl (C=O) groups is 2. The predicted molar refractivity (Wildman–Crippen MR) is 98.3 cm³/mol. The lowest BCUT2D eigenvalue weighted by molar-refractivity contribution is -0.139. The number of carbonyl (C=O) groups excluding carboxylic acids is 2. The number of aryl methyl sites for hydroxylation is 2. The summed E-state index contributed by atoms with van der Waals surface area (Å²) in [5, 5.41) is 0. The van der Waals surface area contributed by atoms with E-state index in [0.717, 1.165) is 18.6 Å². The van der Waals surface area contributed by atoms with Crippen molar-refractivity contribution >= 4 is 12.0 Å². The molecule has 0 unspecified atom stereocenters. The summed E-state index contributed by atoms with van der Waals surface area (Å²) in [5.41, 5.74) is 2.74. The van der Waals surface area contributed by atoms with Crippen LogP contribution < -0.4 is 4.74 Å². The molecule has 0 spiro atoms. The Kier molecular flexibility index (Phi) is 6.01. The van der Waals surface area contributed by atoms with Crippen LogP contribution in [0.5, 0.6) is 5.75 Å². The monoisotopic (exact) mass is 360 g/mol. The van der Waals surface area contributed by atoms with Gasteiger partial charge in [0.05, 0.1) is 6.61 Å². The third-order valence-electron chi connectivity index (χ3n) is 5.10. The Morgan fingerprint density at radius 2 is 1.69 bits per heavy atom. The minimum absolute atomic E-state index is 0.0359. The van der Waals surface area contributed by atoms with Crippen LogP contribution in [0.15, 0.2) is 18.2 Å². The molecule has 3 rings (SSSR count). The van der Waals surface area contributed by atoms with E-state index in [4.69, 9.17) is 9.47 Å². The van der Waals surface area contributed by atoms with Crippen LogP contribution in [0, 0.1) is 0 Å². The molecule has 1 heterocycles. The maximum atomic E-state index is 12.7. The molecule has 0 saturated carbocycles. The lowest BCUT2D eigenvalue weighted by atomic mass is 9.92. The van der Waals surface area contributed by atoms with Gasteiger partial charge in [-0.1, -0.05) is 6.07 Å².